The van der Waals surface area contributed by atoms with Crippen molar-refractivity contribution in [2.45, 2.75) is 0 Å². The smallest absolute Gasteiger partial charge is 0.403 e. The van der Waals surface area contributed by atoms with Gasteiger partial charge in [-0.05, 0) is 22.8 Å². The van der Waals surface area contributed by atoms with E-state index in [9.17, 15) is 14.0 Å². The molecule has 0 amide bonds. The van der Waals surface area contributed by atoms with Crippen LogP contribution in [0.5, 0.6) is 5.75 Å². The summed E-state index contributed by atoms with van der Waals surface area (Å²) in [5.41, 5.74) is 3.25. The number of hydrogen-bond acceptors (Lipinski definition) is 4. The first kappa shape index (κ1) is 14.5. The summed E-state index contributed by atoms with van der Waals surface area (Å²) in [4.78, 5) is 26.6. The SMILES string of the molecule is O=P(O)(O)OP(=O)(O)Oc1cccc2c1-c1ccccc1-2. The van der Waals surface area contributed by atoms with Crippen LogP contribution in [-0.2, 0) is 13.4 Å². The van der Waals surface area contributed by atoms with Gasteiger partial charge in [0.25, 0.3) is 0 Å². The van der Waals surface area contributed by atoms with E-state index in [0.29, 0.717) is 5.56 Å². The van der Waals surface area contributed by atoms with Crippen LogP contribution < -0.4 is 4.52 Å². The maximum Gasteiger partial charge on any atom is 0.536 e. The highest BCUT2D eigenvalue weighted by Gasteiger charge is 2.36. The molecule has 2 aromatic carbocycles. The molecule has 110 valence electrons. The molecule has 0 aliphatic heterocycles. The lowest BCUT2D eigenvalue weighted by Gasteiger charge is -2.26. The van der Waals surface area contributed by atoms with Crippen LogP contribution in [-0.4, -0.2) is 14.7 Å². The molecule has 1 aliphatic carbocycles. The van der Waals surface area contributed by atoms with Gasteiger partial charge in [0.1, 0.15) is 5.75 Å². The molecule has 0 radical (unpaired) electrons. The molecule has 0 heterocycles. The second-order valence-corrected chi connectivity index (χ2v) is 7.11. The fourth-order valence-electron chi connectivity index (χ4n) is 2.26. The Kier molecular flexibility index (Phi) is 3.30. The van der Waals surface area contributed by atoms with Gasteiger partial charge in [-0.1, -0.05) is 36.4 Å². The number of phosphoric ester groups is 1. The van der Waals surface area contributed by atoms with E-state index < -0.39 is 15.6 Å². The predicted octanol–water partition coefficient (Wildman–Crippen LogP) is 2.92. The summed E-state index contributed by atoms with van der Waals surface area (Å²) in [7, 11) is -10.1. The molecule has 1 unspecified atom stereocenters. The van der Waals surface area contributed by atoms with Crippen LogP contribution in [0, 0.1) is 0 Å². The molecule has 0 aromatic heterocycles. The van der Waals surface area contributed by atoms with Crippen LogP contribution in [0.3, 0.4) is 0 Å². The van der Waals surface area contributed by atoms with Crippen molar-refractivity contribution >= 4 is 15.6 Å². The third kappa shape index (κ3) is 2.80. The molecule has 7 nitrogen and oxygen atoms in total. The molecule has 21 heavy (non-hydrogen) atoms. The number of phosphoric acid groups is 2. The van der Waals surface area contributed by atoms with Crippen LogP contribution in [0.15, 0.2) is 42.5 Å². The van der Waals surface area contributed by atoms with E-state index in [2.05, 4.69) is 4.31 Å². The first-order valence-electron chi connectivity index (χ1n) is 5.79. The molecule has 0 fully saturated rings. The topological polar surface area (TPSA) is 113 Å². The summed E-state index contributed by atoms with van der Waals surface area (Å²) in [5.74, 6) is 0.0329. The number of fused-ring (bicyclic) bond motifs is 4. The number of rotatable bonds is 4. The molecule has 1 atom stereocenters. The molecule has 0 spiro atoms. The fraction of sp³-hybridized carbons (Fsp3) is 0. The van der Waals surface area contributed by atoms with E-state index >= 15 is 0 Å². The normalized spacial score (nSPS) is 15.4. The summed E-state index contributed by atoms with van der Waals surface area (Å²) < 4.78 is 30.9. The number of hydrogen-bond donors (Lipinski definition) is 3. The molecular formula is C12H10O7P2. The van der Waals surface area contributed by atoms with Crippen molar-refractivity contribution in [2.75, 3.05) is 0 Å². The minimum Gasteiger partial charge on any atom is -0.403 e. The zero-order valence-corrected chi connectivity index (χ0v) is 12.2. The van der Waals surface area contributed by atoms with Crippen LogP contribution in [0.4, 0.5) is 0 Å². The van der Waals surface area contributed by atoms with Crippen molar-refractivity contribution in [2.24, 2.45) is 0 Å². The lowest BCUT2D eigenvalue weighted by Crippen LogP contribution is -2.03. The van der Waals surface area contributed by atoms with Crippen LogP contribution in [0.1, 0.15) is 0 Å². The third-order valence-electron chi connectivity index (χ3n) is 2.94. The van der Waals surface area contributed by atoms with Gasteiger partial charge < -0.3 is 14.3 Å². The van der Waals surface area contributed by atoms with Gasteiger partial charge in [-0.25, -0.2) is 9.13 Å². The molecule has 1 aliphatic rings. The highest BCUT2D eigenvalue weighted by molar-refractivity contribution is 7.60. The van der Waals surface area contributed by atoms with Gasteiger partial charge in [0.15, 0.2) is 0 Å². The molecule has 2 aromatic rings. The van der Waals surface area contributed by atoms with E-state index in [1.165, 1.54) is 6.07 Å². The molecule has 0 saturated carbocycles. The molecule has 0 bridgehead atoms. The summed E-state index contributed by atoms with van der Waals surface area (Å²) >= 11 is 0. The Balaban J connectivity index is 1.95. The van der Waals surface area contributed by atoms with Gasteiger partial charge in [0.05, 0.1) is 0 Å². The maximum atomic E-state index is 11.6. The van der Waals surface area contributed by atoms with Crippen LogP contribution in [0.2, 0.25) is 0 Å². The van der Waals surface area contributed by atoms with Crippen LogP contribution in [0.25, 0.3) is 22.3 Å². The summed E-state index contributed by atoms with van der Waals surface area (Å²) in [6.45, 7) is 0. The van der Waals surface area contributed by atoms with E-state index in [0.717, 1.165) is 16.7 Å². The monoisotopic (exact) mass is 328 g/mol. The summed E-state index contributed by atoms with van der Waals surface area (Å²) in [5, 5.41) is 0. The van der Waals surface area contributed by atoms with Gasteiger partial charge in [-0.3, -0.25) is 4.89 Å². The zero-order chi connectivity index (χ0) is 15.3. The van der Waals surface area contributed by atoms with Crippen molar-refractivity contribution in [1.82, 2.24) is 0 Å². The predicted molar refractivity (Wildman–Crippen MR) is 74.5 cm³/mol. The second-order valence-electron chi connectivity index (χ2n) is 4.36. The van der Waals surface area contributed by atoms with Crippen molar-refractivity contribution < 1.29 is 32.6 Å². The molecule has 3 N–H and O–H groups in total. The van der Waals surface area contributed by atoms with Gasteiger partial charge in [0.2, 0.25) is 0 Å². The molecular weight excluding hydrogens is 318 g/mol. The standard InChI is InChI=1S/C12H10O7P2/c13-20(14,15)19-21(16,17)18-11-7-3-6-10-8-4-1-2-5-9(8)12(10)11/h1-7H,(H,16,17)(H2,13,14,15). The summed E-state index contributed by atoms with van der Waals surface area (Å²) in [6, 6.07) is 12.2. The lowest BCUT2D eigenvalue weighted by molar-refractivity contribution is 0.229. The van der Waals surface area contributed by atoms with Crippen LogP contribution >= 0.6 is 15.6 Å². The van der Waals surface area contributed by atoms with Crippen molar-refractivity contribution in [1.29, 1.82) is 0 Å². The third-order valence-corrected chi connectivity index (χ3v) is 5.04. The van der Waals surface area contributed by atoms with Crippen molar-refractivity contribution in [3.8, 4) is 28.0 Å². The second kappa shape index (κ2) is 4.78. The minimum absolute atomic E-state index is 0.0329. The quantitative estimate of drug-likeness (QED) is 0.631. The van der Waals surface area contributed by atoms with E-state index in [1.54, 1.807) is 6.07 Å². The molecule has 3 rings (SSSR count). The van der Waals surface area contributed by atoms with E-state index in [-0.39, 0.29) is 5.75 Å². The Hall–Kier alpha value is -1.46. The summed E-state index contributed by atoms with van der Waals surface area (Å²) in [6.07, 6.45) is 0. The zero-order valence-electron chi connectivity index (χ0n) is 10.4. The highest BCUT2D eigenvalue weighted by atomic mass is 31.3. The maximum absolute atomic E-state index is 11.6. The largest absolute Gasteiger partial charge is 0.536 e. The first-order valence-corrected chi connectivity index (χ1v) is 8.81. The average Bonchev–Trinajstić information content (AvgIpc) is 2.32. The highest BCUT2D eigenvalue weighted by Crippen LogP contribution is 2.60. The number of benzene rings is 2. The van der Waals surface area contributed by atoms with E-state index in [1.807, 2.05) is 30.3 Å². The van der Waals surface area contributed by atoms with Crippen molar-refractivity contribution in [3.63, 3.8) is 0 Å². The average molecular weight is 328 g/mol. The van der Waals surface area contributed by atoms with Gasteiger partial charge in [-0.2, -0.15) is 4.31 Å². The van der Waals surface area contributed by atoms with Crippen molar-refractivity contribution in [3.05, 3.63) is 42.5 Å². The Labute approximate surface area is 119 Å². The Morgan fingerprint density at radius 2 is 1.43 bits per heavy atom. The van der Waals surface area contributed by atoms with Gasteiger partial charge in [0, 0.05) is 5.56 Å². The van der Waals surface area contributed by atoms with Gasteiger partial charge in [-0.15, -0.1) is 0 Å². The first-order chi connectivity index (χ1) is 9.77. The Morgan fingerprint density at radius 3 is 2.10 bits per heavy atom. The molecule has 9 heteroatoms. The lowest BCUT2D eigenvalue weighted by atomic mass is 9.80. The van der Waals surface area contributed by atoms with Gasteiger partial charge >= 0.3 is 15.6 Å². The molecule has 0 saturated heterocycles. The Morgan fingerprint density at radius 1 is 0.810 bits per heavy atom. The Bertz CT molecular complexity index is 811. The fourth-order valence-corrected chi connectivity index (χ4v) is 3.87. The van der Waals surface area contributed by atoms with E-state index in [4.69, 9.17) is 14.3 Å². The minimum atomic E-state index is -5.14.